The Morgan fingerprint density at radius 1 is 1.46 bits per heavy atom. The predicted molar refractivity (Wildman–Crippen MR) is 53.6 cm³/mol. The summed E-state index contributed by atoms with van der Waals surface area (Å²) in [6, 6.07) is 0. The molecule has 0 saturated carbocycles. The molecule has 0 fully saturated rings. The largest absolute Gasteiger partial charge is 0.379 e. The number of rotatable bonds is 1. The highest BCUT2D eigenvalue weighted by molar-refractivity contribution is 7.09. The van der Waals surface area contributed by atoms with Crippen LogP contribution in [0.2, 0.25) is 0 Å². The number of hydrogen-bond acceptors (Lipinski definition) is 3. The number of allylic oxidation sites excluding steroid dienone is 1. The third-order valence-corrected chi connectivity index (χ3v) is 3.31. The van der Waals surface area contributed by atoms with Gasteiger partial charge in [-0.25, -0.2) is 4.98 Å². The average Bonchev–Trinajstić information content (AvgIpc) is 2.57. The molecule has 0 radical (unpaired) electrons. The maximum Gasteiger partial charge on any atom is 0.134 e. The second kappa shape index (κ2) is 3.60. The first-order chi connectivity index (χ1) is 6.31. The molecule has 0 amide bonds. The van der Waals surface area contributed by atoms with E-state index in [9.17, 15) is 5.11 Å². The fourth-order valence-corrected chi connectivity index (χ4v) is 2.38. The molecule has 1 heterocycles. The van der Waals surface area contributed by atoms with Gasteiger partial charge in [-0.15, -0.1) is 11.3 Å². The number of nitrogens with zero attached hydrogens (tertiary/aromatic N) is 1. The van der Waals surface area contributed by atoms with Gasteiger partial charge >= 0.3 is 0 Å². The lowest BCUT2D eigenvalue weighted by molar-refractivity contribution is 0.0784. The Kier molecular flexibility index (Phi) is 2.47. The summed E-state index contributed by atoms with van der Waals surface area (Å²) in [7, 11) is 0. The maximum atomic E-state index is 10.3. The molecule has 2 nitrogen and oxygen atoms in total. The van der Waals surface area contributed by atoms with E-state index in [4.69, 9.17) is 0 Å². The van der Waals surface area contributed by atoms with Crippen molar-refractivity contribution < 1.29 is 5.11 Å². The van der Waals surface area contributed by atoms with E-state index in [0.29, 0.717) is 0 Å². The number of aliphatic hydroxyl groups is 1. The molecule has 13 heavy (non-hydrogen) atoms. The quantitative estimate of drug-likeness (QED) is 0.698. The van der Waals surface area contributed by atoms with E-state index in [-0.39, 0.29) is 0 Å². The third-order valence-electron chi connectivity index (χ3n) is 2.37. The number of thiazole rings is 1. The standard InChI is InChI=1S/C10H13NOS/c12-10(9-11-7-8-13-9)5-3-1-2-4-6-10/h3,5,7-8,12H,1-2,4,6H2. The molecule has 0 aromatic carbocycles. The molecular formula is C10H13NOS. The zero-order valence-electron chi connectivity index (χ0n) is 7.44. The highest BCUT2D eigenvalue weighted by Crippen LogP contribution is 2.32. The van der Waals surface area contributed by atoms with Gasteiger partial charge in [0.25, 0.3) is 0 Å². The minimum atomic E-state index is -0.787. The van der Waals surface area contributed by atoms with Crippen molar-refractivity contribution in [2.24, 2.45) is 0 Å². The Morgan fingerprint density at radius 3 is 3.15 bits per heavy atom. The van der Waals surface area contributed by atoms with Gasteiger partial charge in [0.2, 0.25) is 0 Å². The van der Waals surface area contributed by atoms with Gasteiger partial charge in [0.05, 0.1) is 0 Å². The fraction of sp³-hybridized carbons (Fsp3) is 0.500. The molecule has 1 unspecified atom stereocenters. The first-order valence-corrected chi connectivity index (χ1v) is 5.49. The van der Waals surface area contributed by atoms with Crippen molar-refractivity contribution in [3.05, 3.63) is 28.7 Å². The van der Waals surface area contributed by atoms with Crippen LogP contribution < -0.4 is 0 Å². The maximum absolute atomic E-state index is 10.3. The lowest BCUT2D eigenvalue weighted by Gasteiger charge is -2.20. The van der Waals surface area contributed by atoms with Crippen molar-refractivity contribution in [3.63, 3.8) is 0 Å². The lowest BCUT2D eigenvalue weighted by Crippen LogP contribution is -2.21. The summed E-state index contributed by atoms with van der Waals surface area (Å²) < 4.78 is 0. The molecule has 1 aromatic heterocycles. The molecule has 2 rings (SSSR count). The molecule has 0 spiro atoms. The summed E-state index contributed by atoms with van der Waals surface area (Å²) in [5.74, 6) is 0. The topological polar surface area (TPSA) is 33.1 Å². The molecule has 0 bridgehead atoms. The molecule has 1 atom stereocenters. The highest BCUT2D eigenvalue weighted by atomic mass is 32.1. The van der Waals surface area contributed by atoms with Crippen LogP contribution in [0, 0.1) is 0 Å². The molecule has 0 aliphatic heterocycles. The third kappa shape index (κ3) is 1.81. The summed E-state index contributed by atoms with van der Waals surface area (Å²) in [4.78, 5) is 4.17. The van der Waals surface area contributed by atoms with Crippen LogP contribution in [0.5, 0.6) is 0 Å². The van der Waals surface area contributed by atoms with Gasteiger partial charge in [-0.1, -0.05) is 12.2 Å². The molecule has 1 aliphatic carbocycles. The number of aromatic nitrogens is 1. The molecule has 70 valence electrons. The fourth-order valence-electron chi connectivity index (χ4n) is 1.63. The highest BCUT2D eigenvalue weighted by Gasteiger charge is 2.29. The second-order valence-corrected chi connectivity index (χ2v) is 4.30. The van der Waals surface area contributed by atoms with Crippen LogP contribution in [0.3, 0.4) is 0 Å². The summed E-state index contributed by atoms with van der Waals surface area (Å²) in [6.07, 6.45) is 9.84. The van der Waals surface area contributed by atoms with E-state index in [2.05, 4.69) is 11.1 Å². The summed E-state index contributed by atoms with van der Waals surface area (Å²) >= 11 is 1.53. The second-order valence-electron chi connectivity index (χ2n) is 3.41. The van der Waals surface area contributed by atoms with E-state index >= 15 is 0 Å². The van der Waals surface area contributed by atoms with Crippen molar-refractivity contribution in [2.45, 2.75) is 31.3 Å². The normalized spacial score (nSPS) is 28.7. The zero-order chi connectivity index (χ0) is 9.15. The SMILES string of the molecule is OC1(c2nccs2)C=CCCCC1. The lowest BCUT2D eigenvalue weighted by atomic mass is 9.99. The monoisotopic (exact) mass is 195 g/mol. The van der Waals surface area contributed by atoms with Crippen molar-refractivity contribution in [1.29, 1.82) is 0 Å². The van der Waals surface area contributed by atoms with Crippen molar-refractivity contribution >= 4 is 11.3 Å². The summed E-state index contributed by atoms with van der Waals surface area (Å²) in [5.41, 5.74) is -0.787. The first-order valence-electron chi connectivity index (χ1n) is 4.61. The van der Waals surface area contributed by atoms with E-state index in [0.717, 1.165) is 24.3 Å². The Morgan fingerprint density at radius 2 is 2.38 bits per heavy atom. The Labute approximate surface area is 81.9 Å². The van der Waals surface area contributed by atoms with Crippen LogP contribution >= 0.6 is 11.3 Å². The van der Waals surface area contributed by atoms with E-state index in [1.807, 2.05) is 11.5 Å². The minimum absolute atomic E-state index is 0.787. The van der Waals surface area contributed by atoms with Gasteiger partial charge in [-0.05, 0) is 25.7 Å². The minimum Gasteiger partial charge on any atom is -0.379 e. The van der Waals surface area contributed by atoms with Crippen molar-refractivity contribution in [3.8, 4) is 0 Å². The predicted octanol–water partition coefficient (Wildman–Crippen LogP) is 2.46. The van der Waals surface area contributed by atoms with Crippen LogP contribution in [0.25, 0.3) is 0 Å². The molecular weight excluding hydrogens is 182 g/mol. The molecule has 1 aliphatic rings. The van der Waals surface area contributed by atoms with Crippen LogP contribution in [-0.4, -0.2) is 10.1 Å². The number of hydrogen-bond donors (Lipinski definition) is 1. The van der Waals surface area contributed by atoms with E-state index in [1.165, 1.54) is 17.8 Å². The van der Waals surface area contributed by atoms with Gasteiger partial charge in [-0.2, -0.15) is 0 Å². The summed E-state index contributed by atoms with van der Waals surface area (Å²) in [5, 5.41) is 13.0. The molecule has 0 saturated heterocycles. The smallest absolute Gasteiger partial charge is 0.134 e. The van der Waals surface area contributed by atoms with Crippen LogP contribution in [0.4, 0.5) is 0 Å². The first kappa shape index (κ1) is 8.91. The molecule has 1 aromatic rings. The van der Waals surface area contributed by atoms with Gasteiger partial charge < -0.3 is 5.11 Å². The van der Waals surface area contributed by atoms with Crippen molar-refractivity contribution in [1.82, 2.24) is 4.98 Å². The molecule has 3 heteroatoms. The Balaban J connectivity index is 2.27. The van der Waals surface area contributed by atoms with Gasteiger partial charge in [0, 0.05) is 11.6 Å². The summed E-state index contributed by atoms with van der Waals surface area (Å²) in [6.45, 7) is 0. The van der Waals surface area contributed by atoms with Gasteiger partial charge in [0.1, 0.15) is 10.6 Å². The average molecular weight is 195 g/mol. The zero-order valence-corrected chi connectivity index (χ0v) is 8.26. The van der Waals surface area contributed by atoms with Crippen LogP contribution in [-0.2, 0) is 5.60 Å². The van der Waals surface area contributed by atoms with Crippen LogP contribution in [0.1, 0.15) is 30.7 Å². The van der Waals surface area contributed by atoms with E-state index in [1.54, 1.807) is 6.20 Å². The Bertz CT molecular complexity index is 294. The van der Waals surface area contributed by atoms with Crippen LogP contribution in [0.15, 0.2) is 23.7 Å². The van der Waals surface area contributed by atoms with E-state index < -0.39 is 5.60 Å². The Hall–Kier alpha value is -0.670. The van der Waals surface area contributed by atoms with Gasteiger partial charge in [0.15, 0.2) is 0 Å². The van der Waals surface area contributed by atoms with Crippen molar-refractivity contribution in [2.75, 3.05) is 0 Å². The molecule has 1 N–H and O–H groups in total. The van der Waals surface area contributed by atoms with Gasteiger partial charge in [-0.3, -0.25) is 0 Å².